The highest BCUT2D eigenvalue weighted by atomic mass is 32.2. The summed E-state index contributed by atoms with van der Waals surface area (Å²) in [5.41, 5.74) is 0. The van der Waals surface area contributed by atoms with Gasteiger partial charge in [-0.05, 0) is 24.7 Å². The molecule has 90 valence electrons. The zero-order chi connectivity index (χ0) is 11.3. The van der Waals surface area contributed by atoms with Gasteiger partial charge >= 0.3 is 0 Å². The van der Waals surface area contributed by atoms with Crippen molar-refractivity contribution in [2.24, 2.45) is 11.8 Å². The van der Waals surface area contributed by atoms with Crippen LogP contribution < -0.4 is 0 Å². The van der Waals surface area contributed by atoms with Gasteiger partial charge in [0.2, 0.25) is 0 Å². The Bertz CT molecular complexity index is 264. The minimum absolute atomic E-state index is 0.387. The van der Waals surface area contributed by atoms with E-state index in [1.165, 1.54) is 25.7 Å². The second-order valence-electron chi connectivity index (χ2n) is 4.66. The molecular formula is C11H22O3S. The van der Waals surface area contributed by atoms with Gasteiger partial charge in [0.15, 0.2) is 0 Å². The van der Waals surface area contributed by atoms with E-state index in [0.717, 1.165) is 25.0 Å². The maximum absolute atomic E-state index is 10.8. The highest BCUT2D eigenvalue weighted by Crippen LogP contribution is 2.31. The van der Waals surface area contributed by atoms with E-state index in [0.29, 0.717) is 12.5 Å². The zero-order valence-corrected chi connectivity index (χ0v) is 10.6. The van der Waals surface area contributed by atoms with Crippen molar-refractivity contribution in [2.45, 2.75) is 45.4 Å². The Hall–Kier alpha value is -0.0900. The van der Waals surface area contributed by atoms with Crippen LogP contribution in [0.1, 0.15) is 45.4 Å². The molecule has 0 bridgehead atoms. The fourth-order valence-electron chi connectivity index (χ4n) is 2.31. The predicted octanol–water partition coefficient (Wildman–Crippen LogP) is 2.57. The van der Waals surface area contributed by atoms with Crippen LogP contribution >= 0.6 is 0 Å². The molecule has 0 aromatic heterocycles. The molecule has 0 amide bonds. The van der Waals surface area contributed by atoms with Crippen LogP contribution in [0.4, 0.5) is 0 Å². The lowest BCUT2D eigenvalue weighted by molar-refractivity contribution is 0.183. The summed E-state index contributed by atoms with van der Waals surface area (Å²) in [6.45, 7) is 2.61. The normalized spacial score (nSPS) is 27.9. The van der Waals surface area contributed by atoms with E-state index in [9.17, 15) is 8.42 Å². The average molecular weight is 234 g/mol. The highest BCUT2D eigenvalue weighted by Gasteiger charge is 2.21. The van der Waals surface area contributed by atoms with Crippen molar-refractivity contribution in [3.05, 3.63) is 0 Å². The van der Waals surface area contributed by atoms with Crippen molar-refractivity contribution in [2.75, 3.05) is 12.9 Å². The molecule has 1 aliphatic rings. The van der Waals surface area contributed by atoms with E-state index in [4.69, 9.17) is 4.18 Å². The van der Waals surface area contributed by atoms with Crippen molar-refractivity contribution in [3.63, 3.8) is 0 Å². The Morgan fingerprint density at radius 1 is 1.13 bits per heavy atom. The third kappa shape index (κ3) is 5.52. The molecule has 0 radical (unpaired) electrons. The van der Waals surface area contributed by atoms with E-state index < -0.39 is 10.1 Å². The van der Waals surface area contributed by atoms with E-state index >= 15 is 0 Å². The third-order valence-electron chi connectivity index (χ3n) is 3.18. The minimum Gasteiger partial charge on any atom is -0.270 e. The first-order chi connectivity index (χ1) is 7.01. The zero-order valence-electron chi connectivity index (χ0n) is 9.74. The van der Waals surface area contributed by atoms with Crippen LogP contribution in [0.3, 0.4) is 0 Å². The summed E-state index contributed by atoms with van der Waals surface area (Å²) < 4.78 is 26.5. The monoisotopic (exact) mass is 234 g/mol. The molecule has 0 saturated heterocycles. The van der Waals surface area contributed by atoms with Crippen LogP contribution in [0, 0.1) is 11.8 Å². The first kappa shape index (κ1) is 13.0. The fourth-order valence-corrected chi connectivity index (χ4v) is 2.75. The highest BCUT2D eigenvalue weighted by molar-refractivity contribution is 7.85. The predicted molar refractivity (Wildman–Crippen MR) is 61.2 cm³/mol. The standard InChI is InChI=1S/C11H22O3S/c1-3-4-10-5-7-11(8-6-10)9-14-15(2,12)13/h10-11H,3-9H2,1-2H3. The SMILES string of the molecule is CCCC1CCC(COS(C)(=O)=O)CC1. The second kappa shape index (κ2) is 5.85. The molecule has 0 aromatic rings. The molecule has 4 heteroatoms. The molecule has 0 aromatic carbocycles. The summed E-state index contributed by atoms with van der Waals surface area (Å²) in [7, 11) is -3.25. The van der Waals surface area contributed by atoms with Gasteiger partial charge in [-0.25, -0.2) is 0 Å². The molecule has 0 spiro atoms. The molecular weight excluding hydrogens is 212 g/mol. The summed E-state index contributed by atoms with van der Waals surface area (Å²) in [5.74, 6) is 1.32. The van der Waals surface area contributed by atoms with E-state index in [1.54, 1.807) is 0 Å². The molecule has 0 heterocycles. The summed E-state index contributed by atoms with van der Waals surface area (Å²) >= 11 is 0. The van der Waals surface area contributed by atoms with Crippen LogP contribution in [-0.2, 0) is 14.3 Å². The van der Waals surface area contributed by atoms with Gasteiger partial charge < -0.3 is 0 Å². The molecule has 0 aliphatic heterocycles. The third-order valence-corrected chi connectivity index (χ3v) is 3.75. The van der Waals surface area contributed by atoms with E-state index in [1.807, 2.05) is 0 Å². The van der Waals surface area contributed by atoms with E-state index in [-0.39, 0.29) is 0 Å². The van der Waals surface area contributed by atoms with Crippen molar-refractivity contribution in [1.82, 2.24) is 0 Å². The molecule has 3 nitrogen and oxygen atoms in total. The van der Waals surface area contributed by atoms with Gasteiger partial charge in [-0.2, -0.15) is 8.42 Å². The Balaban J connectivity index is 2.20. The lowest BCUT2D eigenvalue weighted by atomic mass is 9.80. The number of hydrogen-bond acceptors (Lipinski definition) is 3. The molecule has 1 fully saturated rings. The molecule has 1 aliphatic carbocycles. The summed E-state index contributed by atoms with van der Waals surface area (Å²) in [6, 6.07) is 0. The largest absolute Gasteiger partial charge is 0.270 e. The van der Waals surface area contributed by atoms with Crippen LogP contribution in [0.25, 0.3) is 0 Å². The molecule has 1 rings (SSSR count). The maximum Gasteiger partial charge on any atom is 0.264 e. The van der Waals surface area contributed by atoms with Gasteiger partial charge in [-0.3, -0.25) is 4.18 Å². The Morgan fingerprint density at radius 3 is 2.13 bits per heavy atom. The van der Waals surface area contributed by atoms with Crippen molar-refractivity contribution < 1.29 is 12.6 Å². The lowest BCUT2D eigenvalue weighted by Gasteiger charge is -2.27. The van der Waals surface area contributed by atoms with Crippen LogP contribution in [0.2, 0.25) is 0 Å². The maximum atomic E-state index is 10.8. The first-order valence-electron chi connectivity index (χ1n) is 5.85. The minimum atomic E-state index is -3.25. The summed E-state index contributed by atoms with van der Waals surface area (Å²) in [6.07, 6.45) is 8.43. The van der Waals surface area contributed by atoms with Gasteiger partial charge in [0, 0.05) is 0 Å². The first-order valence-corrected chi connectivity index (χ1v) is 7.67. The Kier molecular flexibility index (Phi) is 5.06. The molecule has 0 unspecified atom stereocenters. The molecule has 0 N–H and O–H groups in total. The van der Waals surface area contributed by atoms with Gasteiger partial charge in [0.1, 0.15) is 0 Å². The van der Waals surface area contributed by atoms with Crippen molar-refractivity contribution in [1.29, 1.82) is 0 Å². The van der Waals surface area contributed by atoms with Gasteiger partial charge in [-0.15, -0.1) is 0 Å². The lowest BCUT2D eigenvalue weighted by Crippen LogP contribution is -2.20. The van der Waals surface area contributed by atoms with Crippen molar-refractivity contribution >= 4 is 10.1 Å². The fraction of sp³-hybridized carbons (Fsp3) is 1.00. The summed E-state index contributed by atoms with van der Waals surface area (Å²) in [5, 5.41) is 0. The van der Waals surface area contributed by atoms with Crippen molar-refractivity contribution in [3.8, 4) is 0 Å². The number of rotatable bonds is 5. The topological polar surface area (TPSA) is 43.4 Å². The smallest absolute Gasteiger partial charge is 0.264 e. The van der Waals surface area contributed by atoms with Gasteiger partial charge in [-0.1, -0.05) is 32.6 Å². The second-order valence-corrected chi connectivity index (χ2v) is 6.31. The number of hydrogen-bond donors (Lipinski definition) is 0. The van der Waals surface area contributed by atoms with E-state index in [2.05, 4.69) is 6.92 Å². The van der Waals surface area contributed by atoms with Crippen LogP contribution in [-0.4, -0.2) is 21.3 Å². The van der Waals surface area contributed by atoms with Gasteiger partial charge in [0.05, 0.1) is 12.9 Å². The average Bonchev–Trinajstić information content (AvgIpc) is 2.16. The Labute approximate surface area is 93.3 Å². The Morgan fingerprint density at radius 2 is 1.67 bits per heavy atom. The van der Waals surface area contributed by atoms with Crippen LogP contribution in [0.15, 0.2) is 0 Å². The van der Waals surface area contributed by atoms with Gasteiger partial charge in [0.25, 0.3) is 10.1 Å². The quantitative estimate of drug-likeness (QED) is 0.687. The molecule has 15 heavy (non-hydrogen) atoms. The molecule has 0 atom stereocenters. The summed E-state index contributed by atoms with van der Waals surface area (Å²) in [4.78, 5) is 0. The molecule has 1 saturated carbocycles. The van der Waals surface area contributed by atoms with Crippen LogP contribution in [0.5, 0.6) is 0 Å².